The van der Waals surface area contributed by atoms with Crippen molar-refractivity contribution in [3.63, 3.8) is 0 Å². The van der Waals surface area contributed by atoms with Crippen molar-refractivity contribution in [1.29, 1.82) is 0 Å². The average Bonchev–Trinajstić information content (AvgIpc) is 2.11. The number of hydrogen-bond donors (Lipinski definition) is 0. The summed E-state index contributed by atoms with van der Waals surface area (Å²) in [6, 6.07) is 0. The molecule has 1 nitrogen and oxygen atoms in total. The molecular weight excluding hydrogens is 160 g/mol. The Kier molecular flexibility index (Phi) is 5.86. The van der Waals surface area contributed by atoms with Crippen LogP contribution >= 0.6 is 0 Å². The molecular formula is C12H18O. The maximum atomic E-state index is 11.3. The topological polar surface area (TPSA) is 17.1 Å². The molecule has 0 atom stereocenters. The van der Waals surface area contributed by atoms with Gasteiger partial charge in [-0.3, -0.25) is 4.79 Å². The van der Waals surface area contributed by atoms with Gasteiger partial charge in [-0.1, -0.05) is 45.2 Å². The third kappa shape index (κ3) is 5.18. The lowest BCUT2D eigenvalue weighted by Crippen LogP contribution is -2.06. The molecule has 0 heterocycles. The number of ketones is 1. The van der Waals surface area contributed by atoms with Crippen molar-refractivity contribution in [2.75, 3.05) is 0 Å². The van der Waals surface area contributed by atoms with Crippen molar-refractivity contribution in [3.8, 4) is 0 Å². The van der Waals surface area contributed by atoms with Gasteiger partial charge in [0.1, 0.15) is 5.78 Å². The van der Waals surface area contributed by atoms with Crippen molar-refractivity contribution in [1.82, 2.24) is 0 Å². The Hall–Kier alpha value is -1.11. The highest BCUT2D eigenvalue weighted by Gasteiger charge is 2.06. The largest absolute Gasteiger partial charge is 0.299 e. The van der Waals surface area contributed by atoms with E-state index in [9.17, 15) is 4.79 Å². The van der Waals surface area contributed by atoms with Gasteiger partial charge in [0.2, 0.25) is 0 Å². The smallest absolute Gasteiger partial charge is 0.135 e. The van der Waals surface area contributed by atoms with Crippen LogP contribution in [0.3, 0.4) is 0 Å². The van der Waals surface area contributed by atoms with Gasteiger partial charge in [-0.15, -0.1) is 0 Å². The van der Waals surface area contributed by atoms with Gasteiger partial charge in [-0.25, -0.2) is 0 Å². The Labute approximate surface area is 80.8 Å². The molecule has 0 saturated heterocycles. The summed E-state index contributed by atoms with van der Waals surface area (Å²) in [6.07, 6.45) is 6.75. The number of Topliss-reactive ketones (excluding diaryl/α,β-unsaturated/α-hetero) is 1. The van der Waals surface area contributed by atoms with Crippen LogP contribution < -0.4 is 0 Å². The molecule has 0 amide bonds. The third-order valence-corrected chi connectivity index (χ3v) is 1.90. The SMILES string of the molecule is C=C/C=C(\C=C)CCC(=O)C(C)C. The quantitative estimate of drug-likeness (QED) is 0.570. The van der Waals surface area contributed by atoms with Gasteiger partial charge in [-0.2, -0.15) is 0 Å². The van der Waals surface area contributed by atoms with Gasteiger partial charge < -0.3 is 0 Å². The first-order valence-electron chi connectivity index (χ1n) is 4.58. The maximum absolute atomic E-state index is 11.3. The fraction of sp³-hybridized carbons (Fsp3) is 0.417. The summed E-state index contributed by atoms with van der Waals surface area (Å²) >= 11 is 0. The highest BCUT2D eigenvalue weighted by Crippen LogP contribution is 2.09. The maximum Gasteiger partial charge on any atom is 0.135 e. The predicted octanol–water partition coefficient (Wildman–Crippen LogP) is 3.29. The number of allylic oxidation sites excluding steroid dienone is 4. The fourth-order valence-corrected chi connectivity index (χ4v) is 0.961. The predicted molar refractivity (Wildman–Crippen MR) is 57.6 cm³/mol. The summed E-state index contributed by atoms with van der Waals surface area (Å²) in [4.78, 5) is 11.3. The molecule has 1 heteroatoms. The van der Waals surface area contributed by atoms with Crippen LogP contribution in [-0.2, 0) is 4.79 Å². The van der Waals surface area contributed by atoms with Gasteiger partial charge >= 0.3 is 0 Å². The minimum absolute atomic E-state index is 0.134. The van der Waals surface area contributed by atoms with Crippen molar-refractivity contribution in [3.05, 3.63) is 37.0 Å². The lowest BCUT2D eigenvalue weighted by Gasteiger charge is -2.03. The fourth-order valence-electron chi connectivity index (χ4n) is 0.961. The Morgan fingerprint density at radius 1 is 1.31 bits per heavy atom. The Morgan fingerprint density at radius 2 is 1.92 bits per heavy atom. The van der Waals surface area contributed by atoms with Crippen LogP contribution in [-0.4, -0.2) is 5.78 Å². The van der Waals surface area contributed by atoms with Crippen LogP contribution in [0.1, 0.15) is 26.7 Å². The molecule has 0 aromatic heterocycles. The standard InChI is InChI=1S/C12H18O/c1-5-7-11(6-2)8-9-12(13)10(3)4/h5-7,10H,1-2,8-9H2,3-4H3/b11-7+. The van der Waals surface area contributed by atoms with Crippen LogP contribution in [0.4, 0.5) is 0 Å². The van der Waals surface area contributed by atoms with Gasteiger partial charge in [-0.05, 0) is 12.0 Å². The van der Waals surface area contributed by atoms with E-state index in [4.69, 9.17) is 0 Å². The minimum atomic E-state index is 0.134. The first-order valence-corrected chi connectivity index (χ1v) is 4.58. The molecule has 0 unspecified atom stereocenters. The summed E-state index contributed by atoms with van der Waals surface area (Å²) < 4.78 is 0. The number of hydrogen-bond acceptors (Lipinski definition) is 1. The van der Waals surface area contributed by atoms with E-state index >= 15 is 0 Å². The van der Waals surface area contributed by atoms with E-state index in [1.807, 2.05) is 19.9 Å². The summed E-state index contributed by atoms with van der Waals surface area (Å²) in [7, 11) is 0. The summed E-state index contributed by atoms with van der Waals surface area (Å²) in [6.45, 7) is 11.1. The first kappa shape index (κ1) is 11.9. The molecule has 0 aliphatic heterocycles. The second kappa shape index (κ2) is 6.41. The molecule has 0 aliphatic rings. The molecule has 72 valence electrons. The first-order chi connectivity index (χ1) is 6.11. The van der Waals surface area contributed by atoms with E-state index in [0.717, 1.165) is 12.0 Å². The molecule has 0 aliphatic carbocycles. The number of rotatable bonds is 6. The van der Waals surface area contributed by atoms with Crippen molar-refractivity contribution >= 4 is 5.78 Å². The molecule has 0 fully saturated rings. The van der Waals surface area contributed by atoms with Gasteiger partial charge in [0.15, 0.2) is 0 Å². The summed E-state index contributed by atoms with van der Waals surface area (Å²) in [5.74, 6) is 0.437. The normalized spacial score (nSPS) is 11.5. The molecule has 0 aromatic rings. The zero-order valence-corrected chi connectivity index (χ0v) is 8.55. The van der Waals surface area contributed by atoms with E-state index in [-0.39, 0.29) is 5.92 Å². The van der Waals surface area contributed by atoms with Gasteiger partial charge in [0.05, 0.1) is 0 Å². The van der Waals surface area contributed by atoms with Crippen molar-refractivity contribution in [2.24, 2.45) is 5.92 Å². The van der Waals surface area contributed by atoms with Crippen LogP contribution in [0.15, 0.2) is 37.0 Å². The van der Waals surface area contributed by atoms with E-state index in [1.165, 1.54) is 0 Å². The molecule has 0 N–H and O–H groups in total. The van der Waals surface area contributed by atoms with Crippen molar-refractivity contribution < 1.29 is 4.79 Å². The van der Waals surface area contributed by atoms with Crippen molar-refractivity contribution in [2.45, 2.75) is 26.7 Å². The van der Waals surface area contributed by atoms with E-state index < -0.39 is 0 Å². The second-order valence-electron chi connectivity index (χ2n) is 3.30. The Morgan fingerprint density at radius 3 is 2.31 bits per heavy atom. The molecule has 0 spiro atoms. The zero-order chi connectivity index (χ0) is 10.3. The number of carbonyl (C=O) groups excluding carboxylic acids is 1. The number of carbonyl (C=O) groups is 1. The molecule has 0 rings (SSSR count). The lowest BCUT2D eigenvalue weighted by molar-refractivity contribution is -0.121. The Bertz CT molecular complexity index is 221. The second-order valence-corrected chi connectivity index (χ2v) is 3.30. The Balaban J connectivity index is 3.99. The molecule has 0 aromatic carbocycles. The zero-order valence-electron chi connectivity index (χ0n) is 8.55. The van der Waals surface area contributed by atoms with E-state index in [0.29, 0.717) is 12.2 Å². The van der Waals surface area contributed by atoms with Crippen LogP contribution in [0.2, 0.25) is 0 Å². The van der Waals surface area contributed by atoms with Crippen LogP contribution in [0, 0.1) is 5.92 Å². The average molecular weight is 178 g/mol. The third-order valence-electron chi connectivity index (χ3n) is 1.90. The minimum Gasteiger partial charge on any atom is -0.299 e. The summed E-state index contributed by atoms with van der Waals surface area (Å²) in [5.41, 5.74) is 1.07. The summed E-state index contributed by atoms with van der Waals surface area (Å²) in [5, 5.41) is 0. The monoisotopic (exact) mass is 178 g/mol. The van der Waals surface area contributed by atoms with Crippen LogP contribution in [0.5, 0.6) is 0 Å². The lowest BCUT2D eigenvalue weighted by atomic mass is 10.0. The van der Waals surface area contributed by atoms with E-state index in [1.54, 1.807) is 12.2 Å². The molecule has 0 saturated carbocycles. The molecule has 0 radical (unpaired) electrons. The van der Waals surface area contributed by atoms with Gasteiger partial charge in [0.25, 0.3) is 0 Å². The highest BCUT2D eigenvalue weighted by atomic mass is 16.1. The molecule has 13 heavy (non-hydrogen) atoms. The van der Waals surface area contributed by atoms with Gasteiger partial charge in [0, 0.05) is 12.3 Å². The highest BCUT2D eigenvalue weighted by molar-refractivity contribution is 5.80. The molecule has 0 bridgehead atoms. The van der Waals surface area contributed by atoms with Crippen LogP contribution in [0.25, 0.3) is 0 Å². The van der Waals surface area contributed by atoms with E-state index in [2.05, 4.69) is 13.2 Å².